The molecule has 5 aromatic rings. The van der Waals surface area contributed by atoms with Gasteiger partial charge in [-0.15, -0.1) is 0 Å². The van der Waals surface area contributed by atoms with E-state index in [9.17, 15) is 14.7 Å². The number of Topliss-reactive ketones (excluding diaryl/α,β-unsaturated/α-hetero) is 1. The molecule has 0 fully saturated rings. The van der Waals surface area contributed by atoms with Crippen molar-refractivity contribution >= 4 is 55.6 Å². The number of imidazole rings is 1. The van der Waals surface area contributed by atoms with E-state index in [-0.39, 0.29) is 17.3 Å². The number of benzene rings is 2. The Labute approximate surface area is 194 Å². The van der Waals surface area contributed by atoms with E-state index in [1.54, 1.807) is 36.4 Å². The van der Waals surface area contributed by atoms with Gasteiger partial charge in [-0.1, -0.05) is 28.1 Å². The molecule has 1 amide bonds. The predicted molar refractivity (Wildman–Crippen MR) is 123 cm³/mol. The van der Waals surface area contributed by atoms with Gasteiger partial charge in [-0.3, -0.25) is 14.5 Å². The Morgan fingerprint density at radius 1 is 1.12 bits per heavy atom. The number of aromatic nitrogens is 2. The number of rotatable bonds is 4. The second-order valence-electron chi connectivity index (χ2n) is 7.55. The van der Waals surface area contributed by atoms with Crippen LogP contribution in [0.3, 0.4) is 0 Å². The van der Waals surface area contributed by atoms with Crippen molar-refractivity contribution in [3.8, 4) is 0 Å². The highest BCUT2D eigenvalue weighted by Gasteiger charge is 2.48. The number of carbonyl (C=O) groups excluding carboxylic acids is 2. The molecule has 162 valence electrons. The number of H-pyrrole nitrogens is 1. The minimum Gasteiger partial charge on any atom is -0.503 e. The molecule has 0 saturated heterocycles. The topological polar surface area (TPSA) is 113 Å². The minimum atomic E-state index is -1.03. The molecule has 0 radical (unpaired) electrons. The van der Waals surface area contributed by atoms with Gasteiger partial charge in [0.25, 0.3) is 5.91 Å². The van der Waals surface area contributed by atoms with Crippen LogP contribution in [-0.2, 0) is 4.79 Å². The van der Waals surface area contributed by atoms with E-state index in [1.165, 1.54) is 11.2 Å². The van der Waals surface area contributed by atoms with E-state index in [0.29, 0.717) is 27.8 Å². The van der Waals surface area contributed by atoms with Crippen LogP contribution in [0.15, 0.2) is 91.6 Å². The van der Waals surface area contributed by atoms with Crippen LogP contribution in [0.4, 0.5) is 5.95 Å². The van der Waals surface area contributed by atoms with Crippen molar-refractivity contribution < 1.29 is 23.5 Å². The Bertz CT molecular complexity index is 1560. The Morgan fingerprint density at radius 2 is 1.97 bits per heavy atom. The maximum Gasteiger partial charge on any atom is 0.296 e. The number of anilines is 1. The number of carbonyl (C=O) groups is 2. The van der Waals surface area contributed by atoms with E-state index < -0.39 is 23.5 Å². The smallest absolute Gasteiger partial charge is 0.296 e. The predicted octanol–water partition coefficient (Wildman–Crippen LogP) is 5.45. The molecule has 0 spiro atoms. The van der Waals surface area contributed by atoms with Crippen molar-refractivity contribution in [3.05, 3.63) is 94.3 Å². The van der Waals surface area contributed by atoms with Crippen molar-refractivity contribution in [2.24, 2.45) is 0 Å². The van der Waals surface area contributed by atoms with Crippen LogP contribution in [0.2, 0.25) is 0 Å². The first-order chi connectivity index (χ1) is 16.0. The number of aliphatic hydroxyl groups is 1. The van der Waals surface area contributed by atoms with E-state index in [1.807, 2.05) is 24.3 Å². The third kappa shape index (κ3) is 3.00. The zero-order chi connectivity index (χ0) is 22.7. The maximum atomic E-state index is 13.5. The van der Waals surface area contributed by atoms with Crippen LogP contribution < -0.4 is 4.90 Å². The number of aromatic amines is 1. The largest absolute Gasteiger partial charge is 0.503 e. The molecule has 0 saturated carbocycles. The first-order valence-corrected chi connectivity index (χ1v) is 10.8. The van der Waals surface area contributed by atoms with Gasteiger partial charge < -0.3 is 18.9 Å². The molecule has 4 heterocycles. The molecule has 2 N–H and O–H groups in total. The molecule has 6 rings (SSSR count). The average Bonchev–Trinajstić information content (AvgIpc) is 3.59. The molecule has 2 aromatic carbocycles. The summed E-state index contributed by atoms with van der Waals surface area (Å²) in [6, 6.07) is 16.5. The van der Waals surface area contributed by atoms with Crippen molar-refractivity contribution in [2.75, 3.05) is 4.90 Å². The van der Waals surface area contributed by atoms with Gasteiger partial charge in [0.05, 0.1) is 22.9 Å². The summed E-state index contributed by atoms with van der Waals surface area (Å²) in [5.74, 6) is -1.57. The lowest BCUT2D eigenvalue weighted by atomic mass is 9.99. The van der Waals surface area contributed by atoms with Crippen molar-refractivity contribution in [2.45, 2.75) is 6.04 Å². The van der Waals surface area contributed by atoms with E-state index in [2.05, 4.69) is 25.9 Å². The third-order valence-electron chi connectivity index (χ3n) is 5.57. The molecule has 8 nitrogen and oxygen atoms in total. The average molecular weight is 504 g/mol. The minimum absolute atomic E-state index is 0.000428. The van der Waals surface area contributed by atoms with Crippen LogP contribution in [0.1, 0.15) is 22.4 Å². The highest BCUT2D eigenvalue weighted by Crippen LogP contribution is 2.42. The van der Waals surface area contributed by atoms with E-state index >= 15 is 0 Å². The number of fused-ring (bicyclic) bond motifs is 2. The molecule has 3 aromatic heterocycles. The van der Waals surface area contributed by atoms with E-state index in [4.69, 9.17) is 8.83 Å². The first-order valence-electron chi connectivity index (χ1n) is 10.00. The summed E-state index contributed by atoms with van der Waals surface area (Å²) in [4.78, 5) is 35.5. The van der Waals surface area contributed by atoms with Crippen molar-refractivity contribution in [3.63, 3.8) is 0 Å². The summed E-state index contributed by atoms with van der Waals surface area (Å²) >= 11 is 3.40. The normalized spacial score (nSPS) is 16.5. The molecular formula is C24H14BrN3O5. The number of amides is 1. The summed E-state index contributed by atoms with van der Waals surface area (Å²) in [5, 5.41) is 11.5. The molecule has 1 unspecified atom stereocenters. The number of nitrogens with zero attached hydrogens (tertiary/aromatic N) is 2. The van der Waals surface area contributed by atoms with Crippen LogP contribution in [0, 0.1) is 0 Å². The van der Waals surface area contributed by atoms with Crippen LogP contribution in [-0.4, -0.2) is 26.8 Å². The van der Waals surface area contributed by atoms with Crippen LogP contribution in [0.5, 0.6) is 0 Å². The monoisotopic (exact) mass is 503 g/mol. The summed E-state index contributed by atoms with van der Waals surface area (Å²) < 4.78 is 12.1. The summed E-state index contributed by atoms with van der Waals surface area (Å²) in [7, 11) is 0. The molecule has 33 heavy (non-hydrogen) atoms. The van der Waals surface area contributed by atoms with Gasteiger partial charge in [0, 0.05) is 9.86 Å². The Hall–Kier alpha value is -4.11. The van der Waals surface area contributed by atoms with Crippen LogP contribution >= 0.6 is 15.9 Å². The van der Waals surface area contributed by atoms with Gasteiger partial charge in [-0.05, 0) is 48.5 Å². The summed E-state index contributed by atoms with van der Waals surface area (Å²) in [5.41, 5.74) is 1.71. The number of aliphatic hydroxyl groups excluding tert-OH is 1. The van der Waals surface area contributed by atoms with E-state index in [0.717, 1.165) is 4.47 Å². The zero-order valence-electron chi connectivity index (χ0n) is 16.8. The fourth-order valence-corrected chi connectivity index (χ4v) is 4.46. The van der Waals surface area contributed by atoms with Gasteiger partial charge in [-0.25, -0.2) is 4.98 Å². The number of furan rings is 2. The third-order valence-corrected chi connectivity index (χ3v) is 6.07. The summed E-state index contributed by atoms with van der Waals surface area (Å²) in [6.45, 7) is 0. The molecule has 1 atom stereocenters. The Morgan fingerprint density at radius 3 is 2.76 bits per heavy atom. The lowest BCUT2D eigenvalue weighted by Crippen LogP contribution is -2.31. The molecule has 1 aliphatic heterocycles. The number of hydrogen-bond donors (Lipinski definition) is 2. The maximum absolute atomic E-state index is 13.5. The van der Waals surface area contributed by atoms with Crippen molar-refractivity contribution in [1.29, 1.82) is 0 Å². The Kier molecular flexibility index (Phi) is 4.27. The highest BCUT2D eigenvalue weighted by molar-refractivity contribution is 9.10. The quantitative estimate of drug-likeness (QED) is 0.315. The number of hydrogen-bond acceptors (Lipinski definition) is 6. The lowest BCUT2D eigenvalue weighted by Gasteiger charge is -2.21. The van der Waals surface area contributed by atoms with Crippen molar-refractivity contribution in [1.82, 2.24) is 9.97 Å². The molecule has 9 heteroatoms. The fraction of sp³-hybridized carbons (Fsp3) is 0.0417. The van der Waals surface area contributed by atoms with Crippen LogP contribution in [0.25, 0.3) is 22.0 Å². The van der Waals surface area contributed by atoms with Gasteiger partial charge in [-0.2, -0.15) is 0 Å². The first kappa shape index (κ1) is 19.6. The number of halogens is 1. The SMILES string of the molecule is O=C(C1=C(O)C(=O)N(c2nc3ccccc3[nH]2)C1c1ccco1)c1cc2cc(Br)ccc2o1. The summed E-state index contributed by atoms with van der Waals surface area (Å²) in [6.07, 6.45) is 1.44. The lowest BCUT2D eigenvalue weighted by molar-refractivity contribution is -0.117. The second kappa shape index (κ2) is 7.21. The number of para-hydroxylation sites is 2. The molecule has 0 bridgehead atoms. The number of ketones is 1. The van der Waals surface area contributed by atoms with Gasteiger partial charge >= 0.3 is 0 Å². The second-order valence-corrected chi connectivity index (χ2v) is 8.47. The number of nitrogens with one attached hydrogen (secondary N) is 1. The molecular weight excluding hydrogens is 490 g/mol. The molecule has 0 aliphatic carbocycles. The molecule has 1 aliphatic rings. The fourth-order valence-electron chi connectivity index (χ4n) is 4.08. The van der Waals surface area contributed by atoms with Gasteiger partial charge in [0.1, 0.15) is 17.4 Å². The standard InChI is InChI=1S/C24H14BrN3O5/c25-13-7-8-16-12(10-13)11-18(33-16)21(29)19-20(17-6-3-9-32-17)28(23(31)22(19)30)24-26-14-4-1-2-5-15(14)27-24/h1-11,20,30H,(H,26,27). The van der Waals surface area contributed by atoms with Gasteiger partial charge in [0.2, 0.25) is 11.7 Å². The highest BCUT2D eigenvalue weighted by atomic mass is 79.9. The Balaban J connectivity index is 1.49. The van der Waals surface area contributed by atoms with Gasteiger partial charge in [0.15, 0.2) is 11.5 Å². The zero-order valence-corrected chi connectivity index (χ0v) is 18.4.